The first-order chi connectivity index (χ1) is 12.4. The third-order valence-electron chi connectivity index (χ3n) is 5.12. The van der Waals surface area contributed by atoms with E-state index in [0.29, 0.717) is 25.2 Å². The zero-order valence-corrected chi connectivity index (χ0v) is 17.4. The molecule has 1 fully saturated rings. The molecular weight excluding hydrogens is 372 g/mol. The Labute approximate surface area is 162 Å². The lowest BCUT2D eigenvalue weighted by molar-refractivity contribution is 0.0647. The third kappa shape index (κ3) is 4.41. The molecule has 5 nitrogen and oxygen atoms in total. The van der Waals surface area contributed by atoms with Crippen LogP contribution in [0.3, 0.4) is 0 Å². The Morgan fingerprint density at radius 3 is 2.23 bits per heavy atom. The quantitative estimate of drug-likeness (QED) is 0.690. The minimum absolute atomic E-state index is 0.00779. The lowest BCUT2D eigenvalue weighted by atomic mass is 9.93. The summed E-state index contributed by atoms with van der Waals surface area (Å²) in [7, 11) is -3.71. The van der Waals surface area contributed by atoms with Crippen molar-refractivity contribution in [2.24, 2.45) is 0 Å². The Morgan fingerprint density at radius 2 is 1.69 bits per heavy atom. The minimum Gasteiger partial charge on any atom is -0.336 e. The van der Waals surface area contributed by atoms with Gasteiger partial charge >= 0.3 is 0 Å². The topological polar surface area (TPSA) is 57.7 Å². The van der Waals surface area contributed by atoms with E-state index >= 15 is 0 Å². The van der Waals surface area contributed by atoms with Gasteiger partial charge in [0.1, 0.15) is 4.90 Å². The van der Waals surface area contributed by atoms with Crippen LogP contribution < -0.4 is 0 Å². The predicted molar refractivity (Wildman–Crippen MR) is 105 cm³/mol. The number of halogens is 1. The van der Waals surface area contributed by atoms with Crippen molar-refractivity contribution in [3.63, 3.8) is 0 Å². The van der Waals surface area contributed by atoms with Crippen LogP contribution in [0.1, 0.15) is 63.2 Å². The molecule has 1 saturated carbocycles. The summed E-state index contributed by atoms with van der Waals surface area (Å²) in [6.45, 7) is 6.87. The summed E-state index contributed by atoms with van der Waals surface area (Å²) >= 11 is 6.17. The third-order valence-corrected chi connectivity index (χ3v) is 7.65. The van der Waals surface area contributed by atoms with Gasteiger partial charge in [-0.1, -0.05) is 44.7 Å². The van der Waals surface area contributed by atoms with Crippen LogP contribution in [0.2, 0.25) is 5.02 Å². The van der Waals surface area contributed by atoms with Gasteiger partial charge in [-0.05, 0) is 38.0 Å². The summed E-state index contributed by atoms with van der Waals surface area (Å²) in [6.07, 6.45) is 5.51. The molecule has 7 heteroatoms. The Kier molecular flexibility index (Phi) is 7.50. The van der Waals surface area contributed by atoms with E-state index in [1.807, 2.05) is 11.8 Å². The van der Waals surface area contributed by atoms with Gasteiger partial charge in [-0.15, -0.1) is 0 Å². The average molecular weight is 401 g/mol. The first-order valence-electron chi connectivity index (χ1n) is 9.47. The van der Waals surface area contributed by atoms with Crippen LogP contribution in [-0.2, 0) is 10.0 Å². The molecule has 1 aromatic rings. The number of nitrogens with zero attached hydrogens (tertiary/aromatic N) is 2. The van der Waals surface area contributed by atoms with Crippen molar-refractivity contribution in [3.8, 4) is 0 Å². The highest BCUT2D eigenvalue weighted by Gasteiger charge is 2.28. The molecule has 0 aliphatic heterocycles. The number of carbonyl (C=O) groups is 1. The van der Waals surface area contributed by atoms with Crippen LogP contribution in [0.15, 0.2) is 23.1 Å². The lowest BCUT2D eigenvalue weighted by Gasteiger charge is -2.33. The molecule has 0 saturated heterocycles. The molecule has 1 aliphatic rings. The van der Waals surface area contributed by atoms with Crippen LogP contribution in [0.25, 0.3) is 0 Å². The van der Waals surface area contributed by atoms with Crippen LogP contribution in [0.5, 0.6) is 0 Å². The molecule has 26 heavy (non-hydrogen) atoms. The molecule has 2 rings (SSSR count). The fraction of sp³-hybridized carbons (Fsp3) is 0.632. The van der Waals surface area contributed by atoms with Crippen LogP contribution >= 0.6 is 11.6 Å². The number of hydrogen-bond acceptors (Lipinski definition) is 3. The van der Waals surface area contributed by atoms with Crippen molar-refractivity contribution >= 4 is 27.5 Å². The van der Waals surface area contributed by atoms with E-state index in [1.165, 1.54) is 22.9 Å². The highest BCUT2D eigenvalue weighted by molar-refractivity contribution is 7.89. The molecule has 146 valence electrons. The standard InChI is InChI=1S/C19H29ClN2O3S/c1-4-21(5-2)26(24,25)18-14-15(12-13-17(18)20)19(23)22(6-3)16-10-8-7-9-11-16/h12-14,16H,4-11H2,1-3H3. The number of carbonyl (C=O) groups excluding carboxylic acids is 1. The van der Waals surface area contributed by atoms with E-state index in [1.54, 1.807) is 19.9 Å². The van der Waals surface area contributed by atoms with E-state index in [2.05, 4.69) is 0 Å². The van der Waals surface area contributed by atoms with Crippen LogP contribution in [-0.4, -0.2) is 49.2 Å². The van der Waals surface area contributed by atoms with Gasteiger partial charge < -0.3 is 4.90 Å². The molecule has 1 aromatic carbocycles. The monoisotopic (exact) mass is 400 g/mol. The van der Waals surface area contributed by atoms with E-state index in [0.717, 1.165) is 25.7 Å². The van der Waals surface area contributed by atoms with E-state index in [4.69, 9.17) is 11.6 Å². The zero-order chi connectivity index (χ0) is 19.3. The molecule has 0 heterocycles. The SMILES string of the molecule is CCN(C(=O)c1ccc(Cl)c(S(=O)(=O)N(CC)CC)c1)C1CCCCC1. The lowest BCUT2D eigenvalue weighted by Crippen LogP contribution is -2.41. The summed E-state index contributed by atoms with van der Waals surface area (Å²) in [5.74, 6) is -0.118. The Morgan fingerprint density at radius 1 is 1.08 bits per heavy atom. The second kappa shape index (κ2) is 9.20. The fourth-order valence-electron chi connectivity index (χ4n) is 3.66. The molecule has 0 unspecified atom stereocenters. The van der Waals surface area contributed by atoms with Crippen molar-refractivity contribution in [1.82, 2.24) is 9.21 Å². The molecule has 0 bridgehead atoms. The normalized spacial score (nSPS) is 16.0. The Hall–Kier alpha value is -1.11. The largest absolute Gasteiger partial charge is 0.336 e. The smallest absolute Gasteiger partial charge is 0.254 e. The van der Waals surface area contributed by atoms with Gasteiger partial charge in [-0.25, -0.2) is 8.42 Å². The molecule has 0 spiro atoms. The molecule has 0 N–H and O–H groups in total. The number of sulfonamides is 1. The van der Waals surface area contributed by atoms with Gasteiger partial charge in [0.2, 0.25) is 10.0 Å². The van der Waals surface area contributed by atoms with E-state index < -0.39 is 10.0 Å². The summed E-state index contributed by atoms with van der Waals surface area (Å²) < 4.78 is 27.0. The average Bonchev–Trinajstić information content (AvgIpc) is 2.64. The summed E-state index contributed by atoms with van der Waals surface area (Å²) in [6, 6.07) is 4.81. The second-order valence-electron chi connectivity index (χ2n) is 6.62. The maximum absolute atomic E-state index is 13.0. The first-order valence-corrected chi connectivity index (χ1v) is 11.3. The number of benzene rings is 1. The van der Waals surface area contributed by atoms with Gasteiger partial charge in [0, 0.05) is 31.2 Å². The molecule has 0 radical (unpaired) electrons. The Balaban J connectivity index is 2.37. The van der Waals surface area contributed by atoms with Crippen LogP contribution in [0, 0.1) is 0 Å². The highest BCUT2D eigenvalue weighted by atomic mass is 35.5. The summed E-state index contributed by atoms with van der Waals surface area (Å²) in [5.41, 5.74) is 0.382. The number of amides is 1. The van der Waals surface area contributed by atoms with Crippen molar-refractivity contribution in [2.45, 2.75) is 63.8 Å². The van der Waals surface area contributed by atoms with Crippen molar-refractivity contribution in [1.29, 1.82) is 0 Å². The minimum atomic E-state index is -3.71. The van der Waals surface area contributed by atoms with Gasteiger partial charge in [-0.3, -0.25) is 4.79 Å². The predicted octanol–water partition coefficient (Wildman–Crippen LogP) is 4.17. The van der Waals surface area contributed by atoms with Gasteiger partial charge in [0.15, 0.2) is 0 Å². The fourth-order valence-corrected chi connectivity index (χ4v) is 5.62. The molecule has 0 atom stereocenters. The summed E-state index contributed by atoms with van der Waals surface area (Å²) in [5, 5.41) is 0.147. The highest BCUT2D eigenvalue weighted by Crippen LogP contribution is 2.28. The first kappa shape index (κ1) is 21.2. The van der Waals surface area contributed by atoms with Gasteiger partial charge in [-0.2, -0.15) is 4.31 Å². The maximum atomic E-state index is 13.0. The Bertz CT molecular complexity index is 726. The van der Waals surface area contributed by atoms with Crippen molar-refractivity contribution in [2.75, 3.05) is 19.6 Å². The number of rotatable bonds is 7. The molecular formula is C19H29ClN2O3S. The molecule has 1 aliphatic carbocycles. The van der Waals surface area contributed by atoms with Crippen molar-refractivity contribution in [3.05, 3.63) is 28.8 Å². The maximum Gasteiger partial charge on any atom is 0.254 e. The van der Waals surface area contributed by atoms with Gasteiger partial charge in [0.25, 0.3) is 5.91 Å². The van der Waals surface area contributed by atoms with Crippen molar-refractivity contribution < 1.29 is 13.2 Å². The van der Waals surface area contributed by atoms with E-state index in [9.17, 15) is 13.2 Å². The molecule has 1 amide bonds. The van der Waals surface area contributed by atoms with Crippen LogP contribution in [0.4, 0.5) is 0 Å². The van der Waals surface area contributed by atoms with Gasteiger partial charge in [0.05, 0.1) is 5.02 Å². The van der Waals surface area contributed by atoms with E-state index in [-0.39, 0.29) is 21.9 Å². The second-order valence-corrected chi connectivity index (χ2v) is 8.93. The number of hydrogen-bond donors (Lipinski definition) is 0. The summed E-state index contributed by atoms with van der Waals surface area (Å²) in [4.78, 5) is 14.9. The molecule has 0 aromatic heterocycles. The zero-order valence-electron chi connectivity index (χ0n) is 15.9.